The molecular weight excluding hydrogens is 361 g/mol. The lowest BCUT2D eigenvalue weighted by atomic mass is 10.3. The van der Waals surface area contributed by atoms with Gasteiger partial charge < -0.3 is 10.6 Å². The lowest BCUT2D eigenvalue weighted by Gasteiger charge is -2.09. The van der Waals surface area contributed by atoms with Gasteiger partial charge in [0.1, 0.15) is 5.69 Å². The summed E-state index contributed by atoms with van der Waals surface area (Å²) in [7, 11) is 0. The highest BCUT2D eigenvalue weighted by molar-refractivity contribution is 6.39. The minimum Gasteiger partial charge on any atom is -0.350 e. The van der Waals surface area contributed by atoms with Crippen LogP contribution in [0.25, 0.3) is 0 Å². The summed E-state index contributed by atoms with van der Waals surface area (Å²) in [5.41, 5.74) is 1.57. The third kappa shape index (κ3) is 4.43. The van der Waals surface area contributed by atoms with E-state index in [9.17, 15) is 4.79 Å². The van der Waals surface area contributed by atoms with Crippen LogP contribution >= 0.6 is 23.2 Å². The molecule has 2 aromatic heterocycles. The summed E-state index contributed by atoms with van der Waals surface area (Å²) < 4.78 is 0. The molecule has 0 saturated heterocycles. The molecule has 0 atom stereocenters. The monoisotopic (exact) mass is 373 g/mol. The van der Waals surface area contributed by atoms with Gasteiger partial charge in [0.25, 0.3) is 5.91 Å². The SMILES string of the molecule is O=C(Nc1c(Cl)cccc1Cl)c1ccnc(NCc2ccncc2)n1. The van der Waals surface area contributed by atoms with E-state index in [1.807, 2.05) is 12.1 Å². The van der Waals surface area contributed by atoms with Crippen LogP contribution in [0.2, 0.25) is 10.0 Å². The lowest BCUT2D eigenvalue weighted by Crippen LogP contribution is -2.16. The number of para-hydroxylation sites is 1. The first kappa shape index (κ1) is 17.1. The molecule has 25 heavy (non-hydrogen) atoms. The van der Waals surface area contributed by atoms with E-state index in [4.69, 9.17) is 23.2 Å². The molecule has 0 aliphatic rings. The molecule has 1 aromatic carbocycles. The van der Waals surface area contributed by atoms with E-state index in [1.165, 1.54) is 12.3 Å². The van der Waals surface area contributed by atoms with Gasteiger partial charge in [-0.05, 0) is 35.9 Å². The third-order valence-corrected chi connectivity index (χ3v) is 3.92. The van der Waals surface area contributed by atoms with E-state index >= 15 is 0 Å². The van der Waals surface area contributed by atoms with Gasteiger partial charge in [0.05, 0.1) is 15.7 Å². The standard InChI is InChI=1S/C17H13Cl2N5O/c18-12-2-1-3-13(19)15(12)24-16(25)14-6-9-21-17(23-14)22-10-11-4-7-20-8-5-11/h1-9H,10H2,(H,24,25)(H,21,22,23). The lowest BCUT2D eigenvalue weighted by molar-refractivity contribution is 0.102. The Balaban J connectivity index is 1.71. The van der Waals surface area contributed by atoms with Crippen LogP contribution in [0.5, 0.6) is 0 Å². The molecule has 2 N–H and O–H groups in total. The number of hydrogen-bond acceptors (Lipinski definition) is 5. The van der Waals surface area contributed by atoms with Gasteiger partial charge in [-0.1, -0.05) is 29.3 Å². The average molecular weight is 374 g/mol. The van der Waals surface area contributed by atoms with Gasteiger partial charge in [-0.25, -0.2) is 9.97 Å². The number of halogens is 2. The van der Waals surface area contributed by atoms with E-state index in [0.717, 1.165) is 5.56 Å². The van der Waals surface area contributed by atoms with Gasteiger partial charge in [0.15, 0.2) is 0 Å². The Hall–Kier alpha value is -2.70. The van der Waals surface area contributed by atoms with Crippen LogP contribution in [-0.4, -0.2) is 20.9 Å². The predicted molar refractivity (Wildman–Crippen MR) is 98.0 cm³/mol. The van der Waals surface area contributed by atoms with E-state index in [-0.39, 0.29) is 5.69 Å². The fourth-order valence-electron chi connectivity index (χ4n) is 2.05. The van der Waals surface area contributed by atoms with Crippen molar-refractivity contribution in [2.75, 3.05) is 10.6 Å². The minimum atomic E-state index is -0.427. The summed E-state index contributed by atoms with van der Waals surface area (Å²) in [6, 6.07) is 10.3. The minimum absolute atomic E-state index is 0.197. The number of pyridine rings is 1. The normalized spacial score (nSPS) is 10.3. The molecular formula is C17H13Cl2N5O. The van der Waals surface area contributed by atoms with Crippen LogP contribution in [0.15, 0.2) is 55.0 Å². The predicted octanol–water partition coefficient (Wildman–Crippen LogP) is 4.04. The number of benzene rings is 1. The molecule has 3 rings (SSSR count). The molecule has 2 heterocycles. The van der Waals surface area contributed by atoms with E-state index in [0.29, 0.717) is 28.2 Å². The van der Waals surface area contributed by atoms with Crippen molar-refractivity contribution in [1.29, 1.82) is 0 Å². The molecule has 126 valence electrons. The van der Waals surface area contributed by atoms with Gasteiger partial charge in [-0.15, -0.1) is 0 Å². The maximum absolute atomic E-state index is 12.4. The highest BCUT2D eigenvalue weighted by Crippen LogP contribution is 2.30. The Morgan fingerprint density at radius 3 is 2.44 bits per heavy atom. The van der Waals surface area contributed by atoms with Crippen molar-refractivity contribution in [2.24, 2.45) is 0 Å². The number of anilines is 2. The van der Waals surface area contributed by atoms with E-state index < -0.39 is 5.91 Å². The quantitative estimate of drug-likeness (QED) is 0.705. The molecule has 0 fully saturated rings. The smallest absolute Gasteiger partial charge is 0.274 e. The van der Waals surface area contributed by atoms with Crippen LogP contribution in [0.3, 0.4) is 0 Å². The van der Waals surface area contributed by atoms with Crippen LogP contribution in [-0.2, 0) is 6.54 Å². The molecule has 0 radical (unpaired) electrons. The molecule has 0 bridgehead atoms. The first-order valence-electron chi connectivity index (χ1n) is 7.34. The fraction of sp³-hybridized carbons (Fsp3) is 0.0588. The molecule has 8 heteroatoms. The molecule has 0 saturated carbocycles. The number of hydrogen-bond donors (Lipinski definition) is 2. The fourth-order valence-corrected chi connectivity index (χ4v) is 2.54. The summed E-state index contributed by atoms with van der Waals surface area (Å²) >= 11 is 12.1. The van der Waals surface area contributed by atoms with Crippen molar-refractivity contribution < 1.29 is 4.79 Å². The second kappa shape index (κ2) is 7.92. The zero-order valence-electron chi connectivity index (χ0n) is 12.9. The highest BCUT2D eigenvalue weighted by atomic mass is 35.5. The zero-order chi connectivity index (χ0) is 17.6. The summed E-state index contributed by atoms with van der Waals surface area (Å²) in [6.07, 6.45) is 4.91. The topological polar surface area (TPSA) is 79.8 Å². The Kier molecular flexibility index (Phi) is 5.42. The van der Waals surface area contributed by atoms with Crippen molar-refractivity contribution in [2.45, 2.75) is 6.54 Å². The summed E-state index contributed by atoms with van der Waals surface area (Å²) in [4.78, 5) is 24.7. The number of nitrogens with one attached hydrogen (secondary N) is 2. The second-order valence-corrected chi connectivity index (χ2v) is 5.84. The Morgan fingerprint density at radius 2 is 1.72 bits per heavy atom. The molecule has 3 aromatic rings. The van der Waals surface area contributed by atoms with Crippen molar-refractivity contribution in [1.82, 2.24) is 15.0 Å². The van der Waals surface area contributed by atoms with Gasteiger partial charge in [-0.3, -0.25) is 9.78 Å². The Labute approximate surface area is 154 Å². The van der Waals surface area contributed by atoms with E-state index in [1.54, 1.807) is 30.6 Å². The number of aromatic nitrogens is 3. The van der Waals surface area contributed by atoms with Crippen LogP contribution in [0, 0.1) is 0 Å². The largest absolute Gasteiger partial charge is 0.350 e. The van der Waals surface area contributed by atoms with Gasteiger partial charge in [0.2, 0.25) is 5.95 Å². The maximum Gasteiger partial charge on any atom is 0.274 e. The molecule has 0 spiro atoms. The molecule has 1 amide bonds. The third-order valence-electron chi connectivity index (χ3n) is 3.29. The Bertz CT molecular complexity index is 869. The molecule has 0 aliphatic heterocycles. The Morgan fingerprint density at radius 1 is 1.00 bits per heavy atom. The number of carbonyl (C=O) groups is 1. The van der Waals surface area contributed by atoms with E-state index in [2.05, 4.69) is 25.6 Å². The first-order chi connectivity index (χ1) is 12.1. The number of rotatable bonds is 5. The van der Waals surface area contributed by atoms with Gasteiger partial charge in [0, 0.05) is 25.1 Å². The molecule has 6 nitrogen and oxygen atoms in total. The number of amides is 1. The van der Waals surface area contributed by atoms with Gasteiger partial charge in [-0.2, -0.15) is 0 Å². The van der Waals surface area contributed by atoms with Crippen molar-refractivity contribution >= 4 is 40.7 Å². The number of nitrogens with zero attached hydrogens (tertiary/aromatic N) is 3. The van der Waals surface area contributed by atoms with Gasteiger partial charge >= 0.3 is 0 Å². The number of carbonyl (C=O) groups excluding carboxylic acids is 1. The average Bonchev–Trinajstić information content (AvgIpc) is 2.64. The zero-order valence-corrected chi connectivity index (χ0v) is 14.4. The van der Waals surface area contributed by atoms with Crippen molar-refractivity contribution in [3.63, 3.8) is 0 Å². The molecule has 0 unspecified atom stereocenters. The summed E-state index contributed by atoms with van der Waals surface area (Å²) in [5.74, 6) is -0.0842. The maximum atomic E-state index is 12.4. The summed E-state index contributed by atoms with van der Waals surface area (Å²) in [5, 5.41) is 6.43. The molecule has 0 aliphatic carbocycles. The summed E-state index contributed by atoms with van der Waals surface area (Å²) in [6.45, 7) is 0.518. The van der Waals surface area contributed by atoms with Crippen LogP contribution in [0.4, 0.5) is 11.6 Å². The van der Waals surface area contributed by atoms with Crippen molar-refractivity contribution in [3.8, 4) is 0 Å². The van der Waals surface area contributed by atoms with Crippen LogP contribution in [0.1, 0.15) is 16.1 Å². The van der Waals surface area contributed by atoms with Crippen LogP contribution < -0.4 is 10.6 Å². The van der Waals surface area contributed by atoms with Crippen molar-refractivity contribution in [3.05, 3.63) is 76.3 Å². The highest BCUT2D eigenvalue weighted by Gasteiger charge is 2.13. The first-order valence-corrected chi connectivity index (χ1v) is 8.10. The second-order valence-electron chi connectivity index (χ2n) is 5.03.